The minimum absolute atomic E-state index is 0.271. The lowest BCUT2D eigenvalue weighted by atomic mass is 10.3. The van der Waals surface area contributed by atoms with E-state index in [2.05, 4.69) is 6.92 Å². The van der Waals surface area contributed by atoms with E-state index in [0.717, 1.165) is 12.8 Å². The Morgan fingerprint density at radius 2 is 2.00 bits per heavy atom. The van der Waals surface area contributed by atoms with E-state index in [1.807, 2.05) is 6.08 Å². The molecule has 0 rings (SSSR count). The van der Waals surface area contributed by atoms with Gasteiger partial charge in [0.15, 0.2) is 0 Å². The molecule has 0 aromatic heterocycles. The van der Waals surface area contributed by atoms with Gasteiger partial charge in [0.1, 0.15) is 6.61 Å². The van der Waals surface area contributed by atoms with E-state index in [1.165, 1.54) is 0 Å². The van der Waals surface area contributed by atoms with Crippen LogP contribution in [0.1, 0.15) is 19.8 Å². The van der Waals surface area contributed by atoms with Crippen LogP contribution >= 0.6 is 34.8 Å². The molecule has 0 aliphatic carbocycles. The maximum atomic E-state index is 7.17. The van der Waals surface area contributed by atoms with Crippen molar-refractivity contribution in [2.24, 2.45) is 0 Å². The summed E-state index contributed by atoms with van der Waals surface area (Å²) in [4.78, 5) is 0. The molecular formula is C8H12Cl3NO. The molecule has 0 heterocycles. The van der Waals surface area contributed by atoms with Crippen molar-refractivity contribution in [1.82, 2.24) is 0 Å². The molecule has 2 nitrogen and oxygen atoms in total. The van der Waals surface area contributed by atoms with Gasteiger partial charge in [0.05, 0.1) is 0 Å². The van der Waals surface area contributed by atoms with Crippen molar-refractivity contribution < 1.29 is 4.74 Å². The zero-order chi connectivity index (χ0) is 10.3. The highest BCUT2D eigenvalue weighted by Crippen LogP contribution is 2.27. The quantitative estimate of drug-likeness (QED) is 0.348. The van der Waals surface area contributed by atoms with E-state index in [-0.39, 0.29) is 12.5 Å². The van der Waals surface area contributed by atoms with Crippen LogP contribution in [0.15, 0.2) is 12.2 Å². The summed E-state index contributed by atoms with van der Waals surface area (Å²) in [5, 5.41) is 7.17. The number of unbranched alkanes of at least 4 members (excludes halogenated alkanes) is 1. The Bertz CT molecular complexity index is 186. The van der Waals surface area contributed by atoms with Crippen LogP contribution in [-0.4, -0.2) is 16.3 Å². The smallest absolute Gasteiger partial charge is 0.265 e. The first-order chi connectivity index (χ1) is 5.98. The molecule has 0 fully saturated rings. The Balaban J connectivity index is 3.60. The third-order valence-electron chi connectivity index (χ3n) is 1.20. The highest BCUT2D eigenvalue weighted by atomic mass is 35.6. The minimum Gasteiger partial charge on any atom is -0.474 e. The zero-order valence-corrected chi connectivity index (χ0v) is 9.59. The average Bonchev–Trinajstić information content (AvgIpc) is 2.02. The first kappa shape index (κ1) is 13.1. The molecule has 1 N–H and O–H groups in total. The van der Waals surface area contributed by atoms with Gasteiger partial charge in [-0.05, 0) is 6.42 Å². The number of ether oxygens (including phenoxy) is 1. The van der Waals surface area contributed by atoms with E-state index in [1.54, 1.807) is 6.08 Å². The minimum atomic E-state index is -1.75. The van der Waals surface area contributed by atoms with Crippen molar-refractivity contribution in [1.29, 1.82) is 5.41 Å². The molecule has 0 radical (unpaired) electrons. The molecule has 0 saturated heterocycles. The predicted molar refractivity (Wildman–Crippen MR) is 58.0 cm³/mol. The van der Waals surface area contributed by atoms with Gasteiger partial charge in [0, 0.05) is 0 Å². The molecule has 76 valence electrons. The van der Waals surface area contributed by atoms with Gasteiger partial charge in [-0.1, -0.05) is 60.3 Å². The Morgan fingerprint density at radius 3 is 2.46 bits per heavy atom. The number of nitrogens with one attached hydrogen (secondary N) is 1. The molecule has 0 aliphatic rings. The summed E-state index contributed by atoms with van der Waals surface area (Å²) >= 11 is 16.1. The Labute approximate surface area is 93.3 Å². The molecular weight excluding hydrogens is 232 g/mol. The molecule has 0 aromatic carbocycles. The van der Waals surface area contributed by atoms with Crippen molar-refractivity contribution in [3.8, 4) is 0 Å². The van der Waals surface area contributed by atoms with E-state index in [0.29, 0.717) is 0 Å². The Morgan fingerprint density at radius 1 is 1.38 bits per heavy atom. The maximum absolute atomic E-state index is 7.17. The number of hydrogen-bond acceptors (Lipinski definition) is 2. The Kier molecular flexibility index (Phi) is 6.56. The fraction of sp³-hybridized carbons (Fsp3) is 0.625. The van der Waals surface area contributed by atoms with Crippen LogP contribution in [-0.2, 0) is 4.74 Å². The monoisotopic (exact) mass is 243 g/mol. The lowest BCUT2D eigenvalue weighted by Crippen LogP contribution is -2.21. The molecule has 0 atom stereocenters. The largest absolute Gasteiger partial charge is 0.474 e. The maximum Gasteiger partial charge on any atom is 0.265 e. The van der Waals surface area contributed by atoms with Crippen LogP contribution in [0.5, 0.6) is 0 Å². The highest BCUT2D eigenvalue weighted by molar-refractivity contribution is 6.76. The van der Waals surface area contributed by atoms with Crippen LogP contribution in [0.25, 0.3) is 0 Å². The summed E-state index contributed by atoms with van der Waals surface area (Å²) in [5.41, 5.74) is 0. The third-order valence-corrected chi connectivity index (χ3v) is 1.72. The van der Waals surface area contributed by atoms with Crippen molar-refractivity contribution in [2.45, 2.75) is 23.6 Å². The molecule has 0 amide bonds. The first-order valence-corrected chi connectivity index (χ1v) is 5.05. The summed E-state index contributed by atoms with van der Waals surface area (Å²) in [6.07, 6.45) is 5.84. The SMILES string of the molecule is CCC/C=C\COC(=N)C(Cl)(Cl)Cl. The van der Waals surface area contributed by atoms with Gasteiger partial charge in [0.25, 0.3) is 3.79 Å². The third kappa shape index (κ3) is 7.17. The second-order valence-electron chi connectivity index (χ2n) is 2.40. The summed E-state index contributed by atoms with van der Waals surface area (Å²) in [5.74, 6) is -0.348. The van der Waals surface area contributed by atoms with Crippen LogP contribution in [0.2, 0.25) is 0 Å². The number of rotatable bonds is 4. The standard InChI is InChI=1S/C8H12Cl3NO/c1-2-3-4-5-6-13-7(12)8(9,10)11/h4-5,12H,2-3,6H2,1H3/b5-4-,12-7?. The lowest BCUT2D eigenvalue weighted by molar-refractivity contribution is 0.339. The van der Waals surface area contributed by atoms with Crippen LogP contribution in [0, 0.1) is 5.41 Å². The van der Waals surface area contributed by atoms with Crippen LogP contribution < -0.4 is 0 Å². The molecule has 13 heavy (non-hydrogen) atoms. The average molecular weight is 245 g/mol. The lowest BCUT2D eigenvalue weighted by Gasteiger charge is -2.11. The first-order valence-electron chi connectivity index (χ1n) is 3.92. The Hall–Kier alpha value is 0.0800. The molecule has 5 heteroatoms. The van der Waals surface area contributed by atoms with Gasteiger partial charge in [0.2, 0.25) is 5.90 Å². The van der Waals surface area contributed by atoms with Gasteiger partial charge in [-0.25, -0.2) is 0 Å². The molecule has 0 spiro atoms. The number of hydrogen-bond donors (Lipinski definition) is 1. The molecule has 0 bridgehead atoms. The zero-order valence-electron chi connectivity index (χ0n) is 7.32. The molecule has 0 unspecified atom stereocenters. The van der Waals surface area contributed by atoms with E-state index < -0.39 is 3.79 Å². The van der Waals surface area contributed by atoms with E-state index in [4.69, 9.17) is 44.9 Å². The van der Waals surface area contributed by atoms with Crippen molar-refractivity contribution in [3.05, 3.63) is 12.2 Å². The van der Waals surface area contributed by atoms with E-state index >= 15 is 0 Å². The summed E-state index contributed by atoms with van der Waals surface area (Å²) in [7, 11) is 0. The predicted octanol–water partition coefficient (Wildman–Crippen LogP) is 3.71. The van der Waals surface area contributed by atoms with Gasteiger partial charge < -0.3 is 4.74 Å². The fourth-order valence-electron chi connectivity index (χ4n) is 0.566. The van der Waals surface area contributed by atoms with E-state index in [9.17, 15) is 0 Å². The number of halogens is 3. The topological polar surface area (TPSA) is 33.1 Å². The summed E-state index contributed by atoms with van der Waals surface area (Å²) < 4.78 is 3.10. The fourth-order valence-corrected chi connectivity index (χ4v) is 0.730. The summed E-state index contributed by atoms with van der Waals surface area (Å²) in [6.45, 7) is 2.35. The van der Waals surface area contributed by atoms with Gasteiger partial charge in [-0.3, -0.25) is 5.41 Å². The highest BCUT2D eigenvalue weighted by Gasteiger charge is 2.28. The molecule has 0 aliphatic heterocycles. The van der Waals surface area contributed by atoms with Crippen molar-refractivity contribution in [3.63, 3.8) is 0 Å². The van der Waals surface area contributed by atoms with Crippen LogP contribution in [0.4, 0.5) is 0 Å². The van der Waals surface area contributed by atoms with Gasteiger partial charge >= 0.3 is 0 Å². The van der Waals surface area contributed by atoms with Crippen molar-refractivity contribution >= 4 is 40.7 Å². The normalized spacial score (nSPS) is 12.0. The van der Waals surface area contributed by atoms with Crippen LogP contribution in [0.3, 0.4) is 0 Å². The molecule has 0 aromatic rings. The number of alkyl halides is 3. The summed E-state index contributed by atoms with van der Waals surface area (Å²) in [6, 6.07) is 0. The van der Waals surface area contributed by atoms with Gasteiger partial charge in [-0.2, -0.15) is 0 Å². The van der Waals surface area contributed by atoms with Crippen molar-refractivity contribution in [2.75, 3.05) is 6.61 Å². The number of allylic oxidation sites excluding steroid dienone is 1. The second kappa shape index (κ2) is 6.52. The second-order valence-corrected chi connectivity index (χ2v) is 4.68. The van der Waals surface area contributed by atoms with Gasteiger partial charge in [-0.15, -0.1) is 0 Å². The molecule has 0 saturated carbocycles.